The van der Waals surface area contributed by atoms with Gasteiger partial charge in [-0.25, -0.2) is 0 Å². The highest BCUT2D eigenvalue weighted by Gasteiger charge is 2.11. The quantitative estimate of drug-likeness (QED) is 0.480. The Morgan fingerprint density at radius 1 is 0.944 bits per heavy atom. The zero-order valence-electron chi connectivity index (χ0n) is 9.51. The van der Waals surface area contributed by atoms with Crippen LogP contribution in [-0.2, 0) is 0 Å². The van der Waals surface area contributed by atoms with Crippen LogP contribution in [0.1, 0.15) is 0 Å². The molecule has 2 nitrogen and oxygen atoms in total. The zero-order chi connectivity index (χ0) is 12.5. The van der Waals surface area contributed by atoms with Crippen molar-refractivity contribution in [2.45, 2.75) is 0 Å². The number of fused-ring (bicyclic) bond motifs is 1. The molecule has 0 saturated heterocycles. The van der Waals surface area contributed by atoms with Gasteiger partial charge in [-0.3, -0.25) is 0 Å². The van der Waals surface area contributed by atoms with E-state index in [1.165, 1.54) is 6.20 Å². The Balaban J connectivity index is 2.36. The summed E-state index contributed by atoms with van der Waals surface area (Å²) in [4.78, 5) is 0. The van der Waals surface area contributed by atoms with Crippen LogP contribution in [0.2, 0.25) is 5.02 Å². The molecule has 0 bridgehead atoms. The Kier molecular flexibility index (Phi) is 2.65. The van der Waals surface area contributed by atoms with Gasteiger partial charge < -0.3 is 5.21 Å². The molecule has 0 aliphatic heterocycles. The fourth-order valence-electron chi connectivity index (χ4n) is 2.13. The SMILES string of the molecule is [O-][n+]1cccc2cccc(-c3cccc(Cl)c3)c21. The first-order valence-electron chi connectivity index (χ1n) is 5.62. The molecule has 0 aliphatic carbocycles. The monoisotopic (exact) mass is 255 g/mol. The van der Waals surface area contributed by atoms with Crippen molar-refractivity contribution in [3.63, 3.8) is 0 Å². The highest BCUT2D eigenvalue weighted by Crippen LogP contribution is 2.27. The lowest BCUT2D eigenvalue weighted by Crippen LogP contribution is -2.26. The molecule has 3 heteroatoms. The summed E-state index contributed by atoms with van der Waals surface area (Å²) in [5, 5.41) is 13.5. The fraction of sp³-hybridized carbons (Fsp3) is 0. The van der Waals surface area contributed by atoms with Crippen molar-refractivity contribution in [1.29, 1.82) is 0 Å². The molecule has 0 unspecified atom stereocenters. The topological polar surface area (TPSA) is 26.9 Å². The standard InChI is InChI=1S/C15H10ClNO/c16-13-7-1-5-12(10-13)14-8-2-4-11-6-3-9-17(18)15(11)14/h1-10H. The first kappa shape index (κ1) is 11.1. The van der Waals surface area contributed by atoms with Crippen molar-refractivity contribution >= 4 is 22.5 Å². The molecule has 0 aliphatic rings. The number of rotatable bonds is 1. The maximum atomic E-state index is 11.9. The van der Waals surface area contributed by atoms with Gasteiger partial charge in [0.1, 0.15) is 0 Å². The number of nitrogens with zero attached hydrogens (tertiary/aromatic N) is 1. The summed E-state index contributed by atoms with van der Waals surface area (Å²) in [6.45, 7) is 0. The van der Waals surface area contributed by atoms with Gasteiger partial charge in [-0.15, -0.1) is 0 Å². The molecular formula is C15H10ClNO. The molecule has 0 saturated carbocycles. The van der Waals surface area contributed by atoms with Crippen molar-refractivity contribution < 1.29 is 4.73 Å². The number of hydrogen-bond acceptors (Lipinski definition) is 1. The number of halogens is 1. The maximum absolute atomic E-state index is 11.9. The molecule has 1 heterocycles. The second-order valence-corrected chi connectivity index (χ2v) is 4.52. The van der Waals surface area contributed by atoms with E-state index in [0.717, 1.165) is 21.2 Å². The summed E-state index contributed by atoms with van der Waals surface area (Å²) >= 11 is 6.00. The molecule has 1 aromatic heterocycles. The first-order valence-corrected chi connectivity index (χ1v) is 6.00. The number of hydrogen-bond donors (Lipinski definition) is 0. The summed E-state index contributed by atoms with van der Waals surface area (Å²) in [6.07, 6.45) is 1.51. The Morgan fingerprint density at radius 3 is 2.56 bits per heavy atom. The molecular weight excluding hydrogens is 246 g/mol. The van der Waals surface area contributed by atoms with Crippen LogP contribution in [0.5, 0.6) is 0 Å². The lowest BCUT2D eigenvalue weighted by molar-refractivity contribution is -0.576. The normalized spacial score (nSPS) is 10.7. The largest absolute Gasteiger partial charge is 0.618 e. The van der Waals surface area contributed by atoms with Gasteiger partial charge in [-0.2, -0.15) is 4.73 Å². The van der Waals surface area contributed by atoms with Gasteiger partial charge >= 0.3 is 0 Å². The van der Waals surface area contributed by atoms with E-state index in [1.54, 1.807) is 6.07 Å². The van der Waals surface area contributed by atoms with Crippen molar-refractivity contribution in [1.82, 2.24) is 0 Å². The maximum Gasteiger partial charge on any atom is 0.231 e. The summed E-state index contributed by atoms with van der Waals surface area (Å²) in [7, 11) is 0. The number of aromatic nitrogens is 1. The third kappa shape index (κ3) is 1.81. The molecule has 18 heavy (non-hydrogen) atoms. The van der Waals surface area contributed by atoms with Gasteiger partial charge in [-0.1, -0.05) is 29.8 Å². The molecule has 0 atom stereocenters. The predicted molar refractivity (Wildman–Crippen MR) is 73.4 cm³/mol. The van der Waals surface area contributed by atoms with Crippen LogP contribution in [0.25, 0.3) is 22.0 Å². The Hall–Kier alpha value is -2.06. The van der Waals surface area contributed by atoms with Crippen LogP contribution in [0, 0.1) is 5.21 Å². The minimum Gasteiger partial charge on any atom is -0.618 e. The third-order valence-corrected chi connectivity index (χ3v) is 3.16. The van der Waals surface area contributed by atoms with Crippen molar-refractivity contribution in [2.24, 2.45) is 0 Å². The molecule has 3 rings (SSSR count). The van der Waals surface area contributed by atoms with Crippen LogP contribution in [0.4, 0.5) is 0 Å². The minimum absolute atomic E-state index is 0.665. The molecule has 0 N–H and O–H groups in total. The van der Waals surface area contributed by atoms with E-state index >= 15 is 0 Å². The second-order valence-electron chi connectivity index (χ2n) is 4.09. The molecule has 0 amide bonds. The minimum atomic E-state index is 0.665. The zero-order valence-corrected chi connectivity index (χ0v) is 10.3. The Bertz CT molecular complexity index is 719. The summed E-state index contributed by atoms with van der Waals surface area (Å²) in [5.41, 5.74) is 2.51. The average molecular weight is 256 g/mol. The highest BCUT2D eigenvalue weighted by atomic mass is 35.5. The van der Waals surface area contributed by atoms with Gasteiger partial charge in [0.15, 0.2) is 6.20 Å². The smallest absolute Gasteiger partial charge is 0.231 e. The van der Waals surface area contributed by atoms with Crippen LogP contribution < -0.4 is 4.73 Å². The lowest BCUT2D eigenvalue weighted by atomic mass is 10.0. The van der Waals surface area contributed by atoms with E-state index < -0.39 is 0 Å². The van der Waals surface area contributed by atoms with Crippen LogP contribution in [0.15, 0.2) is 60.8 Å². The Morgan fingerprint density at radius 2 is 1.72 bits per heavy atom. The van der Waals surface area contributed by atoms with E-state index in [0.29, 0.717) is 10.5 Å². The molecule has 88 valence electrons. The number of pyridine rings is 1. The summed E-state index contributed by atoms with van der Waals surface area (Å²) < 4.78 is 0.894. The predicted octanol–water partition coefficient (Wildman–Crippen LogP) is 3.79. The Labute approximate surface area is 110 Å². The van der Waals surface area contributed by atoms with Crippen molar-refractivity contribution in [3.8, 4) is 11.1 Å². The van der Waals surface area contributed by atoms with E-state index in [2.05, 4.69) is 0 Å². The van der Waals surface area contributed by atoms with Gasteiger partial charge in [-0.05, 0) is 35.9 Å². The van der Waals surface area contributed by atoms with E-state index in [4.69, 9.17) is 11.6 Å². The van der Waals surface area contributed by atoms with E-state index in [9.17, 15) is 5.21 Å². The molecule has 2 aromatic carbocycles. The fourth-order valence-corrected chi connectivity index (χ4v) is 2.32. The average Bonchev–Trinajstić information content (AvgIpc) is 2.38. The van der Waals surface area contributed by atoms with Crippen LogP contribution >= 0.6 is 11.6 Å². The van der Waals surface area contributed by atoms with Crippen molar-refractivity contribution in [2.75, 3.05) is 0 Å². The lowest BCUT2D eigenvalue weighted by Gasteiger charge is -2.07. The van der Waals surface area contributed by atoms with E-state index in [1.807, 2.05) is 48.5 Å². The second kappa shape index (κ2) is 4.31. The number of benzene rings is 2. The van der Waals surface area contributed by atoms with Crippen LogP contribution in [0.3, 0.4) is 0 Å². The molecule has 0 radical (unpaired) electrons. The van der Waals surface area contributed by atoms with Gasteiger partial charge in [0.25, 0.3) is 0 Å². The van der Waals surface area contributed by atoms with Gasteiger partial charge in [0, 0.05) is 16.5 Å². The van der Waals surface area contributed by atoms with Crippen molar-refractivity contribution in [3.05, 3.63) is 71.0 Å². The molecule has 3 aromatic rings. The molecule has 0 fully saturated rings. The first-order chi connectivity index (χ1) is 8.75. The van der Waals surface area contributed by atoms with Crippen LogP contribution in [-0.4, -0.2) is 0 Å². The van der Waals surface area contributed by atoms with E-state index in [-0.39, 0.29) is 0 Å². The third-order valence-electron chi connectivity index (χ3n) is 2.92. The highest BCUT2D eigenvalue weighted by molar-refractivity contribution is 6.30. The van der Waals surface area contributed by atoms with Gasteiger partial charge in [0.05, 0.1) is 5.56 Å². The number of para-hydroxylation sites is 1. The molecule has 0 spiro atoms. The summed E-state index contributed by atoms with van der Waals surface area (Å²) in [5.74, 6) is 0. The van der Waals surface area contributed by atoms with Gasteiger partial charge in [0.2, 0.25) is 5.52 Å². The summed E-state index contributed by atoms with van der Waals surface area (Å²) in [6, 6.07) is 17.0.